The van der Waals surface area contributed by atoms with Gasteiger partial charge in [0.2, 0.25) is 0 Å². The highest BCUT2D eigenvalue weighted by Gasteiger charge is 2.21. The summed E-state index contributed by atoms with van der Waals surface area (Å²) in [7, 11) is 1.43. The summed E-state index contributed by atoms with van der Waals surface area (Å²) in [5, 5.41) is 2.82. The summed E-state index contributed by atoms with van der Waals surface area (Å²) in [6.45, 7) is 3.81. The van der Waals surface area contributed by atoms with E-state index >= 15 is 0 Å². The maximum Gasteiger partial charge on any atom is 0.339 e. The molecule has 0 spiro atoms. The number of halogens is 2. The molecule has 0 saturated carbocycles. The minimum absolute atomic E-state index is 0.128. The van der Waals surface area contributed by atoms with Gasteiger partial charge in [-0.25, -0.2) is 9.18 Å². The maximum atomic E-state index is 12.9. The second-order valence-electron chi connectivity index (χ2n) is 5.81. The van der Waals surface area contributed by atoms with Gasteiger partial charge in [-0.1, -0.05) is 23.7 Å². The Labute approximate surface area is 167 Å². The molecule has 150 valence electrons. The van der Waals surface area contributed by atoms with E-state index in [1.165, 1.54) is 38.3 Å². The van der Waals surface area contributed by atoms with Gasteiger partial charge >= 0.3 is 5.97 Å². The summed E-state index contributed by atoms with van der Waals surface area (Å²) < 4.78 is 28.7. The lowest BCUT2D eigenvalue weighted by Crippen LogP contribution is -2.35. The highest BCUT2D eigenvalue weighted by molar-refractivity contribution is 6.32. The van der Waals surface area contributed by atoms with E-state index in [1.54, 1.807) is 19.1 Å². The lowest BCUT2D eigenvalue weighted by molar-refractivity contribution is -0.129. The molecule has 8 heteroatoms. The van der Waals surface area contributed by atoms with Gasteiger partial charge in [0.25, 0.3) is 5.91 Å². The first-order chi connectivity index (χ1) is 13.3. The number of nitrogens with one attached hydrogen (secondary N) is 1. The van der Waals surface area contributed by atoms with E-state index in [0.717, 1.165) is 5.56 Å². The number of hydrogen-bond donors (Lipinski definition) is 1. The third-order valence-corrected chi connectivity index (χ3v) is 4.07. The first-order valence-electron chi connectivity index (χ1n) is 8.59. The number of rotatable bonds is 8. The molecular weight excluding hydrogens is 389 g/mol. The lowest BCUT2D eigenvalue weighted by atomic mass is 10.2. The molecule has 1 atom stereocenters. The molecule has 0 saturated heterocycles. The second kappa shape index (κ2) is 9.94. The lowest BCUT2D eigenvalue weighted by Gasteiger charge is -2.15. The summed E-state index contributed by atoms with van der Waals surface area (Å²) in [5.41, 5.74) is 0.847. The Balaban J connectivity index is 2.00. The summed E-state index contributed by atoms with van der Waals surface area (Å²) in [4.78, 5) is 24.5. The van der Waals surface area contributed by atoms with Crippen molar-refractivity contribution in [3.8, 4) is 11.5 Å². The van der Waals surface area contributed by atoms with Gasteiger partial charge in [0.05, 0.1) is 24.3 Å². The van der Waals surface area contributed by atoms with Crippen LogP contribution in [-0.2, 0) is 16.1 Å². The van der Waals surface area contributed by atoms with Crippen molar-refractivity contribution in [3.05, 3.63) is 58.4 Å². The van der Waals surface area contributed by atoms with Crippen molar-refractivity contribution >= 4 is 23.5 Å². The summed E-state index contributed by atoms with van der Waals surface area (Å²) in [6.07, 6.45) is -1.04. The van der Waals surface area contributed by atoms with Crippen LogP contribution < -0.4 is 14.8 Å². The summed E-state index contributed by atoms with van der Waals surface area (Å²) >= 11 is 6.15. The van der Waals surface area contributed by atoms with Crippen LogP contribution >= 0.6 is 11.6 Å². The monoisotopic (exact) mass is 409 g/mol. The molecule has 0 heterocycles. The molecule has 1 amide bonds. The third-order valence-electron chi connectivity index (χ3n) is 3.79. The molecule has 28 heavy (non-hydrogen) atoms. The van der Waals surface area contributed by atoms with Crippen LogP contribution in [0.5, 0.6) is 11.5 Å². The Morgan fingerprint density at radius 2 is 1.89 bits per heavy atom. The molecule has 0 bridgehead atoms. The van der Waals surface area contributed by atoms with Gasteiger partial charge in [-0.15, -0.1) is 0 Å². The number of carbonyl (C=O) groups excluding carboxylic acids is 2. The van der Waals surface area contributed by atoms with Crippen LogP contribution in [0.15, 0.2) is 36.4 Å². The molecule has 2 aromatic rings. The van der Waals surface area contributed by atoms with E-state index in [1.807, 2.05) is 0 Å². The Kier molecular flexibility index (Phi) is 7.63. The van der Waals surface area contributed by atoms with Crippen LogP contribution in [0, 0.1) is 5.82 Å². The van der Waals surface area contributed by atoms with Crippen molar-refractivity contribution in [2.24, 2.45) is 0 Å². The van der Waals surface area contributed by atoms with Crippen molar-refractivity contribution in [1.82, 2.24) is 5.32 Å². The maximum absolute atomic E-state index is 12.9. The molecule has 2 rings (SSSR count). The molecule has 0 aliphatic heterocycles. The van der Waals surface area contributed by atoms with Gasteiger partial charge in [0.15, 0.2) is 17.6 Å². The molecule has 6 nitrogen and oxygen atoms in total. The fraction of sp³-hybridized carbons (Fsp3) is 0.300. The minimum atomic E-state index is -1.04. The predicted octanol–water partition coefficient (Wildman–Crippen LogP) is 3.75. The van der Waals surface area contributed by atoms with Gasteiger partial charge in [-0.05, 0) is 43.7 Å². The van der Waals surface area contributed by atoms with E-state index in [9.17, 15) is 14.0 Å². The predicted molar refractivity (Wildman–Crippen MR) is 102 cm³/mol. The molecule has 1 N–H and O–H groups in total. The quantitative estimate of drug-likeness (QED) is 0.672. The first kappa shape index (κ1) is 21.5. The van der Waals surface area contributed by atoms with Crippen LogP contribution in [0.2, 0.25) is 5.02 Å². The average Bonchev–Trinajstić information content (AvgIpc) is 2.68. The molecule has 0 fully saturated rings. The number of methoxy groups -OCH3 is 1. The van der Waals surface area contributed by atoms with E-state index in [0.29, 0.717) is 12.4 Å². The van der Waals surface area contributed by atoms with Crippen LogP contribution in [0.1, 0.15) is 29.8 Å². The highest BCUT2D eigenvalue weighted by atomic mass is 35.5. The fourth-order valence-electron chi connectivity index (χ4n) is 2.34. The summed E-state index contributed by atoms with van der Waals surface area (Å²) in [6, 6.07) is 8.53. The summed E-state index contributed by atoms with van der Waals surface area (Å²) in [5.74, 6) is -0.959. The standard InChI is InChI=1S/C20H21ClFNO5/c1-4-27-18-16(21)9-14(10-17(18)26-3)20(25)28-12(2)19(24)23-11-13-5-7-15(22)8-6-13/h5-10,12H,4,11H2,1-3H3,(H,23,24)/t12-/m1/s1. The van der Waals surface area contributed by atoms with Crippen molar-refractivity contribution in [3.63, 3.8) is 0 Å². The largest absolute Gasteiger partial charge is 0.493 e. The number of hydrogen-bond acceptors (Lipinski definition) is 5. The van der Waals surface area contributed by atoms with Crippen LogP contribution in [0.3, 0.4) is 0 Å². The second-order valence-corrected chi connectivity index (χ2v) is 6.22. The number of ether oxygens (including phenoxy) is 3. The molecule has 2 aromatic carbocycles. The van der Waals surface area contributed by atoms with Crippen molar-refractivity contribution in [1.29, 1.82) is 0 Å². The van der Waals surface area contributed by atoms with Crippen molar-refractivity contribution < 1.29 is 28.2 Å². The Hall–Kier alpha value is -2.80. The number of benzene rings is 2. The fourth-order valence-corrected chi connectivity index (χ4v) is 2.60. The number of amides is 1. The molecule has 0 radical (unpaired) electrons. The number of carbonyl (C=O) groups is 2. The van der Waals surface area contributed by atoms with Crippen LogP contribution in [0.4, 0.5) is 4.39 Å². The van der Waals surface area contributed by atoms with Gasteiger partial charge in [-0.3, -0.25) is 4.79 Å². The van der Waals surface area contributed by atoms with Gasteiger partial charge in [0, 0.05) is 6.54 Å². The smallest absolute Gasteiger partial charge is 0.339 e. The van der Waals surface area contributed by atoms with Gasteiger partial charge in [0.1, 0.15) is 5.82 Å². The third kappa shape index (κ3) is 5.60. The Bertz CT molecular complexity index is 841. The van der Waals surface area contributed by atoms with Crippen molar-refractivity contribution in [2.75, 3.05) is 13.7 Å². The molecule has 0 unspecified atom stereocenters. The van der Waals surface area contributed by atoms with Crippen molar-refractivity contribution in [2.45, 2.75) is 26.5 Å². The van der Waals surface area contributed by atoms with Gasteiger partial charge in [-0.2, -0.15) is 0 Å². The van der Waals surface area contributed by atoms with Crippen LogP contribution in [-0.4, -0.2) is 31.7 Å². The Morgan fingerprint density at radius 1 is 1.21 bits per heavy atom. The zero-order valence-corrected chi connectivity index (χ0v) is 16.5. The topological polar surface area (TPSA) is 73.9 Å². The van der Waals surface area contributed by atoms with Crippen LogP contribution in [0.25, 0.3) is 0 Å². The molecule has 0 aliphatic rings. The van der Waals surface area contributed by atoms with E-state index in [2.05, 4.69) is 5.32 Å². The van der Waals surface area contributed by atoms with E-state index in [-0.39, 0.29) is 28.7 Å². The normalized spacial score (nSPS) is 11.5. The molecular formula is C20H21ClFNO5. The van der Waals surface area contributed by atoms with E-state index < -0.39 is 18.0 Å². The zero-order valence-electron chi connectivity index (χ0n) is 15.8. The molecule has 0 aromatic heterocycles. The zero-order chi connectivity index (χ0) is 20.7. The first-order valence-corrected chi connectivity index (χ1v) is 8.97. The number of esters is 1. The van der Waals surface area contributed by atoms with Gasteiger partial charge < -0.3 is 19.5 Å². The SMILES string of the molecule is CCOc1c(Cl)cc(C(=O)O[C@H](C)C(=O)NCc2ccc(F)cc2)cc1OC. The molecule has 0 aliphatic carbocycles. The Morgan fingerprint density at radius 3 is 2.50 bits per heavy atom. The minimum Gasteiger partial charge on any atom is -0.493 e. The highest BCUT2D eigenvalue weighted by Crippen LogP contribution is 2.36. The average molecular weight is 410 g/mol. The van der Waals surface area contributed by atoms with E-state index in [4.69, 9.17) is 25.8 Å².